The lowest BCUT2D eigenvalue weighted by Gasteiger charge is -2.10. The topological polar surface area (TPSA) is 57.2 Å². The molecule has 4 heteroatoms. The van der Waals surface area contributed by atoms with E-state index in [9.17, 15) is 4.79 Å². The summed E-state index contributed by atoms with van der Waals surface area (Å²) in [5.41, 5.74) is 8.60. The number of aromatic nitrogens is 1. The molecule has 118 valence electrons. The number of aryl methyl sites for hydroxylation is 1. The van der Waals surface area contributed by atoms with Crippen LogP contribution in [0.2, 0.25) is 0 Å². The highest BCUT2D eigenvalue weighted by Crippen LogP contribution is 2.21. The fourth-order valence-corrected chi connectivity index (χ4v) is 2.72. The standard InChI is InChI=1S/C19H20N2O2/c20-19(22)10-11-21-17(12-16-8-4-5-9-18(16)21)14-23-13-15-6-2-1-3-7-15/h1-9,12H,10-11,13-14H2,(H2,20,22). The molecule has 0 aliphatic carbocycles. The van der Waals surface area contributed by atoms with Gasteiger partial charge >= 0.3 is 0 Å². The molecule has 0 aliphatic rings. The molecule has 4 nitrogen and oxygen atoms in total. The predicted molar refractivity (Wildman–Crippen MR) is 90.7 cm³/mol. The van der Waals surface area contributed by atoms with Gasteiger partial charge in [-0.1, -0.05) is 48.5 Å². The Bertz CT molecular complexity index is 793. The van der Waals surface area contributed by atoms with Crippen LogP contribution in [0.15, 0.2) is 60.7 Å². The molecule has 0 atom stereocenters. The van der Waals surface area contributed by atoms with Crippen molar-refractivity contribution < 1.29 is 9.53 Å². The first kappa shape index (κ1) is 15.3. The molecule has 0 unspecified atom stereocenters. The quantitative estimate of drug-likeness (QED) is 0.728. The molecule has 0 radical (unpaired) electrons. The Kier molecular flexibility index (Phi) is 4.74. The van der Waals surface area contributed by atoms with Crippen LogP contribution in [-0.4, -0.2) is 10.5 Å². The van der Waals surface area contributed by atoms with E-state index in [1.807, 2.05) is 42.5 Å². The van der Waals surface area contributed by atoms with E-state index < -0.39 is 0 Å². The number of amides is 1. The Balaban J connectivity index is 1.75. The van der Waals surface area contributed by atoms with Crippen LogP contribution < -0.4 is 5.73 Å². The molecule has 0 bridgehead atoms. The van der Waals surface area contributed by atoms with Gasteiger partial charge in [0.25, 0.3) is 0 Å². The third-order valence-corrected chi connectivity index (χ3v) is 3.84. The second-order valence-corrected chi connectivity index (χ2v) is 5.54. The lowest BCUT2D eigenvalue weighted by molar-refractivity contribution is -0.118. The van der Waals surface area contributed by atoms with Crippen molar-refractivity contribution in [3.8, 4) is 0 Å². The number of rotatable bonds is 7. The van der Waals surface area contributed by atoms with Crippen molar-refractivity contribution in [2.45, 2.75) is 26.2 Å². The SMILES string of the molecule is NC(=O)CCn1c(COCc2ccccc2)cc2ccccc21. The monoisotopic (exact) mass is 308 g/mol. The van der Waals surface area contributed by atoms with Gasteiger partial charge in [-0.25, -0.2) is 0 Å². The zero-order valence-electron chi connectivity index (χ0n) is 12.9. The zero-order chi connectivity index (χ0) is 16.1. The second kappa shape index (κ2) is 7.11. The normalized spacial score (nSPS) is 11.0. The summed E-state index contributed by atoms with van der Waals surface area (Å²) in [6.45, 7) is 1.65. The molecule has 0 spiro atoms. The van der Waals surface area contributed by atoms with Crippen molar-refractivity contribution in [1.29, 1.82) is 0 Å². The fourth-order valence-electron chi connectivity index (χ4n) is 2.72. The zero-order valence-corrected chi connectivity index (χ0v) is 12.9. The summed E-state index contributed by atoms with van der Waals surface area (Å²) in [6.07, 6.45) is 0.324. The molecule has 2 aromatic carbocycles. The van der Waals surface area contributed by atoms with Crippen LogP contribution in [0.1, 0.15) is 17.7 Å². The molecule has 0 saturated heterocycles. The molecule has 2 N–H and O–H groups in total. The average Bonchev–Trinajstić information content (AvgIpc) is 2.91. The summed E-state index contributed by atoms with van der Waals surface area (Å²) >= 11 is 0. The van der Waals surface area contributed by atoms with Crippen LogP contribution in [0, 0.1) is 0 Å². The Labute approximate surface area is 135 Å². The minimum absolute atomic E-state index is 0.293. The number of ether oxygens (including phenoxy) is 1. The van der Waals surface area contributed by atoms with E-state index in [4.69, 9.17) is 10.5 Å². The third kappa shape index (κ3) is 3.79. The maximum atomic E-state index is 11.1. The highest BCUT2D eigenvalue weighted by atomic mass is 16.5. The van der Waals surface area contributed by atoms with Crippen LogP contribution >= 0.6 is 0 Å². The van der Waals surface area contributed by atoms with Crippen molar-refractivity contribution in [2.75, 3.05) is 0 Å². The first-order chi connectivity index (χ1) is 11.2. The molecule has 3 rings (SSSR count). The first-order valence-electron chi connectivity index (χ1n) is 7.71. The van der Waals surface area contributed by atoms with Crippen LogP contribution in [0.5, 0.6) is 0 Å². The first-order valence-corrected chi connectivity index (χ1v) is 7.71. The Morgan fingerprint density at radius 3 is 2.52 bits per heavy atom. The van der Waals surface area contributed by atoms with Crippen molar-refractivity contribution in [2.24, 2.45) is 5.73 Å². The number of fused-ring (bicyclic) bond motifs is 1. The Morgan fingerprint density at radius 2 is 1.74 bits per heavy atom. The second-order valence-electron chi connectivity index (χ2n) is 5.54. The van der Waals surface area contributed by atoms with Gasteiger partial charge in [0.2, 0.25) is 5.91 Å². The molecule has 0 aliphatic heterocycles. The third-order valence-electron chi connectivity index (χ3n) is 3.84. The summed E-state index contributed by atoms with van der Waals surface area (Å²) in [5.74, 6) is -0.293. The van der Waals surface area contributed by atoms with E-state index in [2.05, 4.69) is 22.8 Å². The molecule has 23 heavy (non-hydrogen) atoms. The van der Waals surface area contributed by atoms with Crippen LogP contribution in [0.25, 0.3) is 10.9 Å². The maximum Gasteiger partial charge on any atom is 0.219 e. The van der Waals surface area contributed by atoms with Gasteiger partial charge in [-0.05, 0) is 23.1 Å². The van der Waals surface area contributed by atoms with Gasteiger partial charge in [0.15, 0.2) is 0 Å². The molecular formula is C19H20N2O2. The van der Waals surface area contributed by atoms with E-state index in [0.717, 1.165) is 22.2 Å². The number of primary amides is 1. The average molecular weight is 308 g/mol. The molecule has 1 amide bonds. The molecule has 0 saturated carbocycles. The van der Waals surface area contributed by atoms with E-state index >= 15 is 0 Å². The van der Waals surface area contributed by atoms with Gasteiger partial charge in [0.1, 0.15) is 0 Å². The predicted octanol–water partition coefficient (Wildman–Crippen LogP) is 3.23. The largest absolute Gasteiger partial charge is 0.371 e. The van der Waals surface area contributed by atoms with E-state index in [1.165, 1.54) is 0 Å². The minimum Gasteiger partial charge on any atom is -0.371 e. The highest BCUT2D eigenvalue weighted by Gasteiger charge is 2.09. The number of benzene rings is 2. The van der Waals surface area contributed by atoms with E-state index in [1.54, 1.807) is 0 Å². The van der Waals surface area contributed by atoms with Gasteiger partial charge < -0.3 is 15.0 Å². The Morgan fingerprint density at radius 1 is 1.00 bits per heavy atom. The number of hydrogen-bond donors (Lipinski definition) is 1. The van der Waals surface area contributed by atoms with Crippen molar-refractivity contribution in [3.63, 3.8) is 0 Å². The highest BCUT2D eigenvalue weighted by molar-refractivity contribution is 5.81. The number of nitrogens with zero attached hydrogens (tertiary/aromatic N) is 1. The molecule has 3 aromatic rings. The minimum atomic E-state index is -0.293. The smallest absolute Gasteiger partial charge is 0.219 e. The molecule has 1 heterocycles. The number of hydrogen-bond acceptors (Lipinski definition) is 2. The van der Waals surface area contributed by atoms with Crippen molar-refractivity contribution >= 4 is 16.8 Å². The summed E-state index contributed by atoms with van der Waals surface area (Å²) < 4.78 is 7.96. The van der Waals surface area contributed by atoms with Gasteiger partial charge in [-0.15, -0.1) is 0 Å². The van der Waals surface area contributed by atoms with Gasteiger partial charge in [-0.3, -0.25) is 4.79 Å². The Hall–Kier alpha value is -2.59. The number of carbonyl (C=O) groups excluding carboxylic acids is 1. The lowest BCUT2D eigenvalue weighted by Crippen LogP contribution is -2.15. The summed E-state index contributed by atoms with van der Waals surface area (Å²) in [4.78, 5) is 11.1. The van der Waals surface area contributed by atoms with Crippen molar-refractivity contribution in [3.05, 3.63) is 71.9 Å². The summed E-state index contributed by atoms with van der Waals surface area (Å²) in [7, 11) is 0. The van der Waals surface area contributed by atoms with Gasteiger partial charge in [0.05, 0.1) is 13.2 Å². The molecule has 1 aromatic heterocycles. The lowest BCUT2D eigenvalue weighted by atomic mass is 10.2. The fraction of sp³-hybridized carbons (Fsp3) is 0.211. The van der Waals surface area contributed by atoms with Crippen LogP contribution in [-0.2, 0) is 29.3 Å². The van der Waals surface area contributed by atoms with E-state index in [-0.39, 0.29) is 5.91 Å². The number of nitrogens with two attached hydrogens (primary N) is 1. The van der Waals surface area contributed by atoms with Gasteiger partial charge in [-0.2, -0.15) is 0 Å². The number of para-hydroxylation sites is 1. The maximum absolute atomic E-state index is 11.1. The summed E-state index contributed by atoms with van der Waals surface area (Å²) in [6, 6.07) is 20.3. The van der Waals surface area contributed by atoms with Crippen LogP contribution in [0.4, 0.5) is 0 Å². The van der Waals surface area contributed by atoms with Gasteiger partial charge in [0, 0.05) is 24.2 Å². The molecular weight excluding hydrogens is 288 g/mol. The number of carbonyl (C=O) groups is 1. The molecule has 0 fully saturated rings. The van der Waals surface area contributed by atoms with E-state index in [0.29, 0.717) is 26.2 Å². The van der Waals surface area contributed by atoms with Crippen molar-refractivity contribution in [1.82, 2.24) is 4.57 Å². The summed E-state index contributed by atoms with van der Waals surface area (Å²) in [5, 5.41) is 1.15. The van der Waals surface area contributed by atoms with Crippen LogP contribution in [0.3, 0.4) is 0 Å².